The first kappa shape index (κ1) is 28.2. The Labute approximate surface area is 226 Å². The fraction of sp³-hybridized carbons (Fsp3) is 0.500. The Morgan fingerprint density at radius 2 is 1.79 bits per heavy atom. The van der Waals surface area contributed by atoms with Gasteiger partial charge in [-0.2, -0.15) is 0 Å². The van der Waals surface area contributed by atoms with Gasteiger partial charge in [0.05, 0.1) is 25.9 Å². The number of hydrogen-bond acceptors (Lipinski definition) is 6. The van der Waals surface area contributed by atoms with Crippen LogP contribution in [0.25, 0.3) is 11.1 Å². The summed E-state index contributed by atoms with van der Waals surface area (Å²) in [5.74, 6) is -0.405. The van der Waals surface area contributed by atoms with Crippen molar-refractivity contribution in [2.24, 2.45) is 11.8 Å². The second-order valence-electron chi connectivity index (χ2n) is 10.2. The van der Waals surface area contributed by atoms with E-state index in [1.165, 1.54) is 18.2 Å². The summed E-state index contributed by atoms with van der Waals surface area (Å²) in [5, 5.41) is 0. The standard InChI is InChI=1S/C32H40O6/c1-35-31(34)14-8-3-2-7-13-27-28(22-33)30(38-32-15-9-10-20-36-32)21-29(27)37-23-24-16-18-26(19-17-24)25-11-5-4-6-12-25/h2,4-7,11-12,16-19,22,27-30,32H,3,8-10,13-15,20-21,23H2,1H3/t27-,28+,29+,30-,32?/m1/s1. The predicted octanol–water partition coefficient (Wildman–Crippen LogP) is 6.28. The minimum absolute atomic E-state index is 0.0292. The molecular formula is C32H40O6. The molecule has 0 radical (unpaired) electrons. The van der Waals surface area contributed by atoms with Crippen molar-refractivity contribution < 1.29 is 28.5 Å². The van der Waals surface area contributed by atoms with Gasteiger partial charge in [0.25, 0.3) is 0 Å². The van der Waals surface area contributed by atoms with E-state index >= 15 is 0 Å². The third-order valence-corrected chi connectivity index (χ3v) is 7.57. The monoisotopic (exact) mass is 520 g/mol. The second kappa shape index (κ2) is 15.0. The highest BCUT2D eigenvalue weighted by Gasteiger charge is 2.45. The van der Waals surface area contributed by atoms with Crippen LogP contribution in [-0.2, 0) is 35.1 Å². The normalized spacial score (nSPS) is 25.4. The van der Waals surface area contributed by atoms with Gasteiger partial charge in [-0.25, -0.2) is 0 Å². The molecule has 1 saturated heterocycles. The molecule has 2 aromatic carbocycles. The first-order chi connectivity index (χ1) is 18.7. The summed E-state index contributed by atoms with van der Waals surface area (Å²) in [7, 11) is 1.41. The number of methoxy groups -OCH3 is 1. The van der Waals surface area contributed by atoms with Gasteiger partial charge >= 0.3 is 5.97 Å². The van der Waals surface area contributed by atoms with Gasteiger partial charge in [-0.05, 0) is 55.2 Å². The van der Waals surface area contributed by atoms with E-state index in [-0.39, 0.29) is 36.3 Å². The highest BCUT2D eigenvalue weighted by atomic mass is 16.7. The second-order valence-corrected chi connectivity index (χ2v) is 10.2. The number of benzene rings is 2. The van der Waals surface area contributed by atoms with E-state index in [0.29, 0.717) is 26.1 Å². The highest BCUT2D eigenvalue weighted by Crippen LogP contribution is 2.39. The van der Waals surface area contributed by atoms with Gasteiger partial charge in [0, 0.05) is 31.3 Å². The Morgan fingerprint density at radius 1 is 1.00 bits per heavy atom. The summed E-state index contributed by atoms with van der Waals surface area (Å²) in [4.78, 5) is 23.6. The first-order valence-electron chi connectivity index (χ1n) is 13.9. The third kappa shape index (κ3) is 8.10. The summed E-state index contributed by atoms with van der Waals surface area (Å²) < 4.78 is 23.3. The van der Waals surface area contributed by atoms with Crippen LogP contribution in [0.5, 0.6) is 0 Å². The van der Waals surface area contributed by atoms with Gasteiger partial charge < -0.3 is 23.7 Å². The molecule has 2 fully saturated rings. The van der Waals surface area contributed by atoms with Gasteiger partial charge in [-0.15, -0.1) is 0 Å². The highest BCUT2D eigenvalue weighted by molar-refractivity contribution is 5.69. The number of rotatable bonds is 13. The number of carbonyl (C=O) groups is 2. The quantitative estimate of drug-likeness (QED) is 0.134. The largest absolute Gasteiger partial charge is 0.469 e. The van der Waals surface area contributed by atoms with Crippen LogP contribution >= 0.6 is 0 Å². The van der Waals surface area contributed by atoms with E-state index in [1.807, 2.05) is 18.2 Å². The summed E-state index contributed by atoms with van der Waals surface area (Å²) >= 11 is 0. The number of carbonyl (C=O) groups excluding carboxylic acids is 2. The zero-order chi connectivity index (χ0) is 26.6. The van der Waals surface area contributed by atoms with Gasteiger partial charge in [0.1, 0.15) is 6.29 Å². The van der Waals surface area contributed by atoms with Gasteiger partial charge in [-0.3, -0.25) is 4.79 Å². The predicted molar refractivity (Wildman–Crippen MR) is 146 cm³/mol. The minimum atomic E-state index is -0.245. The zero-order valence-corrected chi connectivity index (χ0v) is 22.3. The van der Waals surface area contributed by atoms with Crippen LogP contribution in [0, 0.1) is 11.8 Å². The van der Waals surface area contributed by atoms with Crippen molar-refractivity contribution >= 4 is 12.3 Å². The Kier molecular flexibility index (Phi) is 11.1. The third-order valence-electron chi connectivity index (χ3n) is 7.57. The summed E-state index contributed by atoms with van der Waals surface area (Å²) in [6.45, 7) is 1.19. The Bertz CT molecular complexity index is 1010. The fourth-order valence-electron chi connectivity index (χ4n) is 5.40. The molecule has 1 unspecified atom stereocenters. The molecule has 0 amide bonds. The van der Waals surface area contributed by atoms with Crippen molar-refractivity contribution in [3.05, 3.63) is 72.3 Å². The lowest BCUT2D eigenvalue weighted by atomic mass is 9.91. The van der Waals surface area contributed by atoms with Crippen LogP contribution < -0.4 is 0 Å². The minimum Gasteiger partial charge on any atom is -0.469 e. The van der Waals surface area contributed by atoms with Crippen molar-refractivity contribution in [2.75, 3.05) is 13.7 Å². The number of aldehydes is 1. The van der Waals surface area contributed by atoms with Crippen LogP contribution in [0.4, 0.5) is 0 Å². The molecular weight excluding hydrogens is 480 g/mol. The lowest BCUT2D eigenvalue weighted by molar-refractivity contribution is -0.195. The van der Waals surface area contributed by atoms with Crippen molar-refractivity contribution in [3.8, 4) is 11.1 Å². The molecule has 0 N–H and O–H groups in total. The molecule has 6 heteroatoms. The van der Waals surface area contributed by atoms with Gasteiger partial charge in [-0.1, -0.05) is 66.7 Å². The molecule has 5 atom stereocenters. The van der Waals surface area contributed by atoms with Crippen LogP contribution in [-0.4, -0.2) is 44.5 Å². The first-order valence-corrected chi connectivity index (χ1v) is 13.9. The number of ether oxygens (including phenoxy) is 4. The van der Waals surface area contributed by atoms with Crippen molar-refractivity contribution in [1.82, 2.24) is 0 Å². The van der Waals surface area contributed by atoms with Gasteiger partial charge in [0.2, 0.25) is 0 Å². The zero-order valence-electron chi connectivity index (χ0n) is 22.3. The summed E-state index contributed by atoms with van der Waals surface area (Å²) in [6, 6.07) is 18.8. The van der Waals surface area contributed by atoms with Crippen molar-refractivity contribution in [1.29, 1.82) is 0 Å². The Morgan fingerprint density at radius 3 is 2.50 bits per heavy atom. The molecule has 0 spiro atoms. The van der Waals surface area contributed by atoms with Crippen molar-refractivity contribution in [3.63, 3.8) is 0 Å². The van der Waals surface area contributed by atoms with E-state index in [9.17, 15) is 9.59 Å². The number of esters is 1. The van der Waals surface area contributed by atoms with Crippen LogP contribution in [0.2, 0.25) is 0 Å². The molecule has 2 aliphatic rings. The molecule has 38 heavy (non-hydrogen) atoms. The molecule has 4 rings (SSSR count). The molecule has 1 aliphatic heterocycles. The molecule has 1 heterocycles. The average Bonchev–Trinajstić information content (AvgIpc) is 3.30. The van der Waals surface area contributed by atoms with E-state index in [1.54, 1.807) is 0 Å². The maximum Gasteiger partial charge on any atom is 0.305 e. The van der Waals surface area contributed by atoms with Crippen molar-refractivity contribution in [2.45, 2.75) is 76.5 Å². The maximum atomic E-state index is 12.3. The lowest BCUT2D eigenvalue weighted by Gasteiger charge is -2.28. The van der Waals surface area contributed by atoms with E-state index in [4.69, 9.17) is 18.9 Å². The Hall–Kier alpha value is -2.80. The topological polar surface area (TPSA) is 71.1 Å². The number of allylic oxidation sites excluding steroid dienone is 2. The molecule has 2 aromatic rings. The molecule has 1 saturated carbocycles. The van der Waals surface area contributed by atoms with Gasteiger partial charge in [0.15, 0.2) is 6.29 Å². The summed E-state index contributed by atoms with van der Waals surface area (Å²) in [6.07, 6.45) is 11.1. The Balaban J connectivity index is 1.37. The van der Waals surface area contributed by atoms with Crippen LogP contribution in [0.1, 0.15) is 56.9 Å². The molecule has 6 nitrogen and oxygen atoms in total. The number of hydrogen-bond donors (Lipinski definition) is 0. The molecule has 0 bridgehead atoms. The molecule has 0 aromatic heterocycles. The smallest absolute Gasteiger partial charge is 0.305 e. The van der Waals surface area contributed by atoms with Crippen LogP contribution in [0.15, 0.2) is 66.7 Å². The summed E-state index contributed by atoms with van der Waals surface area (Å²) in [5.41, 5.74) is 3.46. The maximum absolute atomic E-state index is 12.3. The fourth-order valence-corrected chi connectivity index (χ4v) is 5.40. The lowest BCUT2D eigenvalue weighted by Crippen LogP contribution is -2.32. The van der Waals surface area contributed by atoms with E-state index in [2.05, 4.69) is 48.6 Å². The molecule has 204 valence electrons. The van der Waals surface area contributed by atoms with E-state index < -0.39 is 0 Å². The molecule has 1 aliphatic carbocycles. The number of unbranched alkanes of at least 4 members (excludes halogenated alkanes) is 1. The van der Waals surface area contributed by atoms with Crippen LogP contribution in [0.3, 0.4) is 0 Å². The van der Waals surface area contributed by atoms with E-state index in [0.717, 1.165) is 50.4 Å². The average molecular weight is 521 g/mol. The SMILES string of the molecule is COC(=O)CCCC=CC[C@@H]1[C@H](C=O)[C@H](OC2CCCCO2)C[C@@H]1OCc1ccc(-c2ccccc2)cc1.